The van der Waals surface area contributed by atoms with E-state index in [1.165, 1.54) is 110 Å². The number of aryl methyl sites for hydroxylation is 2. The molecule has 0 spiro atoms. The largest absolute Gasteiger partial charge is 0.340 e. The number of benzene rings is 7. The molecule has 2 aliphatic carbocycles. The Balaban J connectivity index is 1.33. The maximum absolute atomic E-state index is 6.25. The fourth-order valence-electron chi connectivity index (χ4n) is 12.0. The van der Waals surface area contributed by atoms with Gasteiger partial charge in [-0.2, -0.15) is 0 Å². The lowest BCUT2D eigenvalue weighted by molar-refractivity contribution is 0.523. The zero-order valence-electron chi connectivity index (χ0n) is 35.1. The van der Waals surface area contributed by atoms with E-state index in [0.29, 0.717) is 19.3 Å². The van der Waals surface area contributed by atoms with Crippen LogP contribution in [0.25, 0.3) is 88.1 Å². The number of nitrogens with zero attached hydrogens (tertiary/aromatic N) is 2. The van der Waals surface area contributed by atoms with Gasteiger partial charge in [0.15, 0.2) is 0 Å². The summed E-state index contributed by atoms with van der Waals surface area (Å²) in [6, 6.07) is 49.9. The van der Waals surface area contributed by atoms with Crippen LogP contribution in [0.4, 0.5) is 0 Å². The van der Waals surface area contributed by atoms with Crippen molar-refractivity contribution >= 4 is 43.6 Å². The smallest absolute Gasteiger partial charge is 0.0585 e. The number of rotatable bonds is 8. The third-order valence-corrected chi connectivity index (χ3v) is 14.5. The number of para-hydroxylation sites is 2. The molecular formula is C59H46N2. The molecule has 11 rings (SSSR count). The maximum Gasteiger partial charge on any atom is 0.0585 e. The molecule has 2 nitrogen and oxygen atoms in total. The van der Waals surface area contributed by atoms with Crippen LogP contribution in [0.3, 0.4) is 0 Å². The Morgan fingerprint density at radius 2 is 0.836 bits per heavy atom. The Morgan fingerprint density at radius 3 is 1.30 bits per heavy atom. The summed E-state index contributed by atoms with van der Waals surface area (Å²) in [5.41, 5.74) is 19.2. The van der Waals surface area contributed by atoms with Crippen molar-refractivity contribution in [3.05, 3.63) is 156 Å². The first-order valence-electron chi connectivity index (χ1n) is 21.8. The lowest BCUT2D eigenvalue weighted by Gasteiger charge is -2.29. The molecule has 0 saturated heterocycles. The summed E-state index contributed by atoms with van der Waals surface area (Å²) in [4.78, 5) is 0. The van der Waals surface area contributed by atoms with Crippen molar-refractivity contribution < 1.29 is 0 Å². The van der Waals surface area contributed by atoms with Gasteiger partial charge in [0.05, 0.1) is 11.0 Å². The van der Waals surface area contributed by atoms with E-state index < -0.39 is 5.41 Å². The molecule has 2 heterocycles. The standard InChI is InChI=1S/C59H46N2/c1-7-33-58(10-4)46-25-17-13-21-40(46)42-31-29-38(36-48(42)58)52-54-44-23-15-19-27-50(44)61(12-6)57(54)53(55-45-24-16-20-28-51(45)60(11-5)56(52)55)39-30-32-43-41-22-14-18-26-47(41)59(34-8-2,35-9-3)49(43)37-39/h1-3,13-32,36-37H,10-12,33-35H2,4-6H3. The Morgan fingerprint density at radius 1 is 0.443 bits per heavy atom. The van der Waals surface area contributed by atoms with Crippen molar-refractivity contribution in [3.63, 3.8) is 0 Å². The lowest BCUT2D eigenvalue weighted by Crippen LogP contribution is -2.24. The number of hydrogen-bond donors (Lipinski definition) is 0. The van der Waals surface area contributed by atoms with E-state index in [2.05, 4.69) is 181 Å². The lowest BCUT2D eigenvalue weighted by atomic mass is 9.72. The van der Waals surface area contributed by atoms with Crippen molar-refractivity contribution in [1.29, 1.82) is 0 Å². The van der Waals surface area contributed by atoms with Crippen LogP contribution in [0.15, 0.2) is 133 Å². The van der Waals surface area contributed by atoms with Gasteiger partial charge in [-0.1, -0.05) is 116 Å². The van der Waals surface area contributed by atoms with Crippen LogP contribution < -0.4 is 0 Å². The molecule has 1 atom stereocenters. The van der Waals surface area contributed by atoms with Gasteiger partial charge in [-0.15, -0.1) is 37.0 Å². The van der Waals surface area contributed by atoms with Gasteiger partial charge in [-0.3, -0.25) is 0 Å². The Labute approximate surface area is 358 Å². The minimum Gasteiger partial charge on any atom is -0.340 e. The van der Waals surface area contributed by atoms with Crippen molar-refractivity contribution in [2.45, 2.75) is 70.4 Å². The third kappa shape index (κ3) is 4.73. The molecule has 2 aliphatic rings. The summed E-state index contributed by atoms with van der Waals surface area (Å²) in [6.45, 7) is 8.48. The summed E-state index contributed by atoms with van der Waals surface area (Å²) < 4.78 is 5.11. The van der Waals surface area contributed by atoms with Crippen LogP contribution in [0.2, 0.25) is 0 Å². The normalized spacial score (nSPS) is 15.7. The average Bonchev–Trinajstić information content (AvgIpc) is 3.99. The van der Waals surface area contributed by atoms with Crippen LogP contribution >= 0.6 is 0 Å². The van der Waals surface area contributed by atoms with E-state index in [-0.39, 0.29) is 5.41 Å². The molecule has 61 heavy (non-hydrogen) atoms. The molecule has 1 unspecified atom stereocenters. The molecule has 2 heteroatoms. The highest BCUT2D eigenvalue weighted by Gasteiger charge is 2.44. The van der Waals surface area contributed by atoms with Crippen molar-refractivity contribution in [2.24, 2.45) is 0 Å². The predicted octanol–water partition coefficient (Wildman–Crippen LogP) is 14.3. The Hall–Kier alpha value is -7.18. The van der Waals surface area contributed by atoms with Crippen LogP contribution in [-0.2, 0) is 23.9 Å². The third-order valence-electron chi connectivity index (χ3n) is 14.5. The van der Waals surface area contributed by atoms with Gasteiger partial charge in [0, 0.05) is 86.9 Å². The van der Waals surface area contributed by atoms with E-state index in [0.717, 1.165) is 19.5 Å². The second-order valence-corrected chi connectivity index (χ2v) is 17.0. The molecule has 7 aromatic carbocycles. The van der Waals surface area contributed by atoms with Gasteiger partial charge in [-0.05, 0) is 100 Å². The van der Waals surface area contributed by atoms with Crippen LogP contribution in [-0.4, -0.2) is 9.13 Å². The predicted molar refractivity (Wildman–Crippen MR) is 258 cm³/mol. The van der Waals surface area contributed by atoms with Crippen molar-refractivity contribution in [1.82, 2.24) is 9.13 Å². The maximum atomic E-state index is 6.25. The minimum absolute atomic E-state index is 0.269. The highest BCUT2D eigenvalue weighted by molar-refractivity contribution is 6.32. The molecular weight excluding hydrogens is 737 g/mol. The molecule has 0 fully saturated rings. The highest BCUT2D eigenvalue weighted by Crippen LogP contribution is 2.58. The fourth-order valence-corrected chi connectivity index (χ4v) is 12.0. The monoisotopic (exact) mass is 782 g/mol. The number of aromatic nitrogens is 2. The molecule has 2 aromatic heterocycles. The van der Waals surface area contributed by atoms with E-state index in [1.807, 2.05) is 0 Å². The van der Waals surface area contributed by atoms with Crippen LogP contribution in [0.1, 0.15) is 68.7 Å². The zero-order valence-corrected chi connectivity index (χ0v) is 35.1. The topological polar surface area (TPSA) is 9.86 Å². The first kappa shape index (κ1) is 36.9. The summed E-state index contributed by atoms with van der Waals surface area (Å²) in [7, 11) is 0. The minimum atomic E-state index is -0.482. The first-order chi connectivity index (χ1) is 30.0. The van der Waals surface area contributed by atoms with E-state index in [4.69, 9.17) is 19.3 Å². The second-order valence-electron chi connectivity index (χ2n) is 17.0. The SMILES string of the molecule is C#CCC1(CC)c2ccccc2-c2ccc(-c3c4c5ccccc5n(CC)c4c(-c4ccc5c(c4)C(CC#C)(CC#C)c4ccccc4-5)c4c5ccccc5n(CC)c34)cc21. The summed E-state index contributed by atoms with van der Waals surface area (Å²) in [6.07, 6.45) is 21.3. The Bertz CT molecular complexity index is 3430. The van der Waals surface area contributed by atoms with Crippen LogP contribution in [0, 0.1) is 37.0 Å². The number of terminal acetylenes is 3. The highest BCUT2D eigenvalue weighted by atomic mass is 15.0. The molecule has 0 amide bonds. The number of fused-ring (bicyclic) bond motifs is 12. The average molecular weight is 783 g/mol. The molecule has 0 bridgehead atoms. The molecule has 292 valence electrons. The van der Waals surface area contributed by atoms with E-state index >= 15 is 0 Å². The van der Waals surface area contributed by atoms with Gasteiger partial charge < -0.3 is 9.13 Å². The fraction of sp³-hybridized carbons (Fsp3) is 0.186. The molecule has 0 saturated carbocycles. The van der Waals surface area contributed by atoms with Gasteiger partial charge >= 0.3 is 0 Å². The van der Waals surface area contributed by atoms with Gasteiger partial charge in [0.25, 0.3) is 0 Å². The molecule has 0 aliphatic heterocycles. The molecule has 0 N–H and O–H groups in total. The van der Waals surface area contributed by atoms with E-state index in [1.54, 1.807) is 0 Å². The van der Waals surface area contributed by atoms with Gasteiger partial charge in [-0.25, -0.2) is 0 Å². The van der Waals surface area contributed by atoms with Crippen LogP contribution in [0.5, 0.6) is 0 Å². The second kappa shape index (κ2) is 13.7. The van der Waals surface area contributed by atoms with Gasteiger partial charge in [0.1, 0.15) is 0 Å². The summed E-state index contributed by atoms with van der Waals surface area (Å²) in [5.74, 6) is 9.23. The number of hydrogen-bond acceptors (Lipinski definition) is 0. The van der Waals surface area contributed by atoms with Gasteiger partial charge in [0.2, 0.25) is 0 Å². The summed E-state index contributed by atoms with van der Waals surface area (Å²) in [5, 5.41) is 5.04. The summed E-state index contributed by atoms with van der Waals surface area (Å²) >= 11 is 0. The zero-order chi connectivity index (χ0) is 41.6. The molecule has 0 radical (unpaired) electrons. The molecule has 9 aromatic rings. The van der Waals surface area contributed by atoms with Crippen molar-refractivity contribution in [2.75, 3.05) is 0 Å². The van der Waals surface area contributed by atoms with Crippen molar-refractivity contribution in [3.8, 4) is 81.5 Å². The quantitative estimate of drug-likeness (QED) is 0.136. The Kier molecular flexibility index (Phi) is 8.27. The first-order valence-corrected chi connectivity index (χ1v) is 21.8. The van der Waals surface area contributed by atoms with E-state index in [9.17, 15) is 0 Å².